The number of aliphatic hydroxyl groups is 1. The molecule has 0 saturated heterocycles. The molecule has 1 saturated carbocycles. The number of ether oxygens (including phenoxy) is 2. The predicted octanol–water partition coefficient (Wildman–Crippen LogP) is 4.19. The fourth-order valence-electron chi connectivity index (χ4n) is 3.94. The first kappa shape index (κ1) is 21.6. The average molecular weight is 470 g/mol. The van der Waals surface area contributed by atoms with Gasteiger partial charge in [-0.05, 0) is 60.7 Å². The van der Waals surface area contributed by atoms with Crippen LogP contribution in [0.25, 0.3) is 5.57 Å². The van der Waals surface area contributed by atoms with Gasteiger partial charge in [0.25, 0.3) is 12.3 Å². The third kappa shape index (κ3) is 4.26. The van der Waals surface area contributed by atoms with E-state index in [0.29, 0.717) is 47.0 Å². The predicted molar refractivity (Wildman–Crippen MR) is 108 cm³/mol. The molecule has 0 radical (unpaired) electrons. The van der Waals surface area contributed by atoms with E-state index in [2.05, 4.69) is 33.1 Å². The molecule has 1 aliphatic heterocycles. The van der Waals surface area contributed by atoms with Gasteiger partial charge in [-0.15, -0.1) is 5.92 Å². The van der Waals surface area contributed by atoms with Crippen LogP contribution >= 0.6 is 15.9 Å². The van der Waals surface area contributed by atoms with Crippen LogP contribution in [0.2, 0.25) is 0 Å². The van der Waals surface area contributed by atoms with E-state index in [0.717, 1.165) is 0 Å². The molecule has 1 aromatic rings. The lowest BCUT2D eigenvalue weighted by molar-refractivity contribution is -0.117. The summed E-state index contributed by atoms with van der Waals surface area (Å²) in [5.41, 5.74) is 0.405. The lowest BCUT2D eigenvalue weighted by atomic mass is 9.79. The van der Waals surface area contributed by atoms with E-state index in [9.17, 15) is 18.7 Å². The minimum Gasteiger partial charge on any atom is -0.509 e. The van der Waals surface area contributed by atoms with E-state index in [1.807, 2.05) is 0 Å². The van der Waals surface area contributed by atoms with Crippen LogP contribution in [0.3, 0.4) is 0 Å². The maximum Gasteiger partial charge on any atom is 0.261 e. The molecule has 8 heteroatoms. The monoisotopic (exact) mass is 469 g/mol. The van der Waals surface area contributed by atoms with Gasteiger partial charge in [-0.2, -0.15) is 0 Å². The summed E-state index contributed by atoms with van der Waals surface area (Å²) in [5.74, 6) is 5.71. The van der Waals surface area contributed by atoms with Gasteiger partial charge in [0.2, 0.25) is 0 Å². The Hall–Kier alpha value is -2.11. The Balaban J connectivity index is 1.92. The molecule has 29 heavy (non-hydrogen) atoms. The molecule has 0 atom stereocenters. The van der Waals surface area contributed by atoms with Gasteiger partial charge in [0, 0.05) is 15.6 Å². The van der Waals surface area contributed by atoms with E-state index < -0.39 is 24.5 Å². The summed E-state index contributed by atoms with van der Waals surface area (Å²) in [5, 5.41) is 13.9. The maximum absolute atomic E-state index is 12.8. The number of rotatable bonds is 5. The zero-order valence-corrected chi connectivity index (χ0v) is 17.7. The quantitative estimate of drug-likeness (QED) is 0.634. The molecule has 1 amide bonds. The molecule has 2 N–H and O–H groups in total. The first-order valence-electron chi connectivity index (χ1n) is 9.28. The smallest absolute Gasteiger partial charge is 0.261 e. The summed E-state index contributed by atoms with van der Waals surface area (Å²) in [4.78, 5) is 12.8. The summed E-state index contributed by atoms with van der Waals surface area (Å²) in [6.07, 6.45) is -1.08. The highest BCUT2D eigenvalue weighted by Crippen LogP contribution is 2.45. The SMILES string of the molecule is CC#Cc1cc(Br)c(C2=C(O)C3(CCC(OCC(F)F)CC3)NC2=O)c(OC)c1. The van der Waals surface area contributed by atoms with Gasteiger partial charge in [0.15, 0.2) is 0 Å². The van der Waals surface area contributed by atoms with E-state index in [-0.39, 0.29) is 17.4 Å². The highest BCUT2D eigenvalue weighted by atomic mass is 79.9. The third-order valence-electron chi connectivity index (χ3n) is 5.31. The molecule has 0 bridgehead atoms. The van der Waals surface area contributed by atoms with Crippen molar-refractivity contribution in [1.29, 1.82) is 0 Å². The number of hydrogen-bond donors (Lipinski definition) is 2. The average Bonchev–Trinajstić information content (AvgIpc) is 2.91. The van der Waals surface area contributed by atoms with Gasteiger partial charge in [0.1, 0.15) is 18.1 Å². The molecule has 0 unspecified atom stereocenters. The molecular formula is C21H22BrF2NO4. The Morgan fingerprint density at radius 3 is 2.66 bits per heavy atom. The van der Waals surface area contributed by atoms with Crippen molar-refractivity contribution in [3.63, 3.8) is 0 Å². The second kappa shape index (κ2) is 8.72. The highest BCUT2D eigenvalue weighted by Gasteiger charge is 2.49. The number of aliphatic hydroxyl groups excluding tert-OH is 1. The second-order valence-corrected chi connectivity index (χ2v) is 7.95. The minimum absolute atomic E-state index is 0.0527. The number of nitrogens with one attached hydrogen (secondary N) is 1. The van der Waals surface area contributed by atoms with Crippen LogP contribution in [-0.2, 0) is 9.53 Å². The van der Waals surface area contributed by atoms with Crippen LogP contribution in [0, 0.1) is 11.8 Å². The Kier molecular flexibility index (Phi) is 6.49. The summed E-state index contributed by atoms with van der Waals surface area (Å²) in [7, 11) is 1.49. The second-order valence-electron chi connectivity index (χ2n) is 7.09. The van der Waals surface area contributed by atoms with Gasteiger partial charge < -0.3 is 19.9 Å². The van der Waals surface area contributed by atoms with Crippen LogP contribution in [0.15, 0.2) is 22.4 Å². The Morgan fingerprint density at radius 1 is 1.38 bits per heavy atom. The normalized spacial score (nSPS) is 23.9. The van der Waals surface area contributed by atoms with Crippen LogP contribution in [-0.4, -0.2) is 42.8 Å². The minimum atomic E-state index is -2.51. The summed E-state index contributed by atoms with van der Waals surface area (Å²) in [6.45, 7) is 1.12. The molecule has 1 fully saturated rings. The summed E-state index contributed by atoms with van der Waals surface area (Å²) >= 11 is 3.47. The number of methoxy groups -OCH3 is 1. The molecule has 0 aromatic heterocycles. The van der Waals surface area contributed by atoms with Crippen LogP contribution in [0.4, 0.5) is 8.78 Å². The van der Waals surface area contributed by atoms with E-state index in [1.165, 1.54) is 7.11 Å². The van der Waals surface area contributed by atoms with Crippen molar-refractivity contribution in [3.8, 4) is 17.6 Å². The molecule has 1 heterocycles. The van der Waals surface area contributed by atoms with Crippen molar-refractivity contribution >= 4 is 27.4 Å². The fourth-order valence-corrected chi connectivity index (χ4v) is 4.58. The van der Waals surface area contributed by atoms with Crippen LogP contribution in [0.1, 0.15) is 43.7 Å². The number of benzene rings is 1. The molecule has 1 aromatic carbocycles. The van der Waals surface area contributed by atoms with Crippen molar-refractivity contribution in [2.24, 2.45) is 0 Å². The highest BCUT2D eigenvalue weighted by molar-refractivity contribution is 9.10. The summed E-state index contributed by atoms with van der Waals surface area (Å²) in [6, 6.07) is 3.48. The van der Waals surface area contributed by atoms with Crippen molar-refractivity contribution < 1.29 is 28.2 Å². The molecule has 156 valence electrons. The third-order valence-corrected chi connectivity index (χ3v) is 5.93. The van der Waals surface area contributed by atoms with Crippen LogP contribution in [0.5, 0.6) is 5.75 Å². The first-order valence-corrected chi connectivity index (χ1v) is 10.1. The van der Waals surface area contributed by atoms with Gasteiger partial charge in [-0.3, -0.25) is 4.79 Å². The zero-order valence-electron chi connectivity index (χ0n) is 16.2. The number of hydrogen-bond acceptors (Lipinski definition) is 4. The van der Waals surface area contributed by atoms with Gasteiger partial charge >= 0.3 is 0 Å². The number of alkyl halides is 2. The van der Waals surface area contributed by atoms with Crippen molar-refractivity contribution in [1.82, 2.24) is 5.32 Å². The number of carbonyl (C=O) groups excluding carboxylic acids is 1. The Bertz CT molecular complexity index is 896. The zero-order chi connectivity index (χ0) is 21.2. The van der Waals surface area contributed by atoms with Crippen molar-refractivity contribution in [2.45, 2.75) is 50.7 Å². The summed E-state index contributed by atoms with van der Waals surface area (Å²) < 4.78 is 36.0. The van der Waals surface area contributed by atoms with Crippen molar-refractivity contribution in [3.05, 3.63) is 33.5 Å². The number of carbonyl (C=O) groups is 1. The molecule has 1 aliphatic carbocycles. The molecular weight excluding hydrogens is 448 g/mol. The van der Waals surface area contributed by atoms with E-state index in [4.69, 9.17) is 9.47 Å². The molecule has 2 aliphatic rings. The largest absolute Gasteiger partial charge is 0.509 e. The van der Waals surface area contributed by atoms with Crippen molar-refractivity contribution in [2.75, 3.05) is 13.7 Å². The first-order chi connectivity index (χ1) is 13.8. The topological polar surface area (TPSA) is 67.8 Å². The number of amides is 1. The van der Waals surface area contributed by atoms with Gasteiger partial charge in [0.05, 0.1) is 24.3 Å². The Labute approximate surface area is 176 Å². The Morgan fingerprint density at radius 2 is 2.07 bits per heavy atom. The van der Waals surface area contributed by atoms with E-state index in [1.54, 1.807) is 19.1 Å². The molecule has 3 rings (SSSR count). The maximum atomic E-state index is 12.8. The van der Waals surface area contributed by atoms with E-state index >= 15 is 0 Å². The van der Waals surface area contributed by atoms with Crippen LogP contribution < -0.4 is 10.1 Å². The molecule has 1 spiro atoms. The fraction of sp³-hybridized carbons (Fsp3) is 0.476. The number of halogens is 3. The standard InChI is InChI=1S/C21H22BrF2NO4/c1-3-4-12-9-14(22)17(15(10-12)28-2)18-19(26)21(25-20(18)27)7-5-13(6-8-21)29-11-16(23)24/h9-10,13,16,26H,5-8,11H2,1-2H3,(H,25,27). The van der Waals surface area contributed by atoms with Gasteiger partial charge in [-0.1, -0.05) is 5.92 Å². The van der Waals surface area contributed by atoms with Gasteiger partial charge in [-0.25, -0.2) is 8.78 Å². The molecule has 5 nitrogen and oxygen atoms in total. The lowest BCUT2D eigenvalue weighted by Crippen LogP contribution is -2.48. The lowest BCUT2D eigenvalue weighted by Gasteiger charge is -2.37.